The number of hydrogen-bond donors (Lipinski definition) is 0. The van der Waals surface area contributed by atoms with Crippen LogP contribution < -0.4 is 9.64 Å². The first-order chi connectivity index (χ1) is 11.9. The van der Waals surface area contributed by atoms with E-state index in [1.807, 2.05) is 50.2 Å². The Kier molecular flexibility index (Phi) is 6.82. The van der Waals surface area contributed by atoms with Crippen molar-refractivity contribution in [2.75, 3.05) is 32.1 Å². The molecule has 0 aromatic heterocycles. The zero-order valence-corrected chi connectivity index (χ0v) is 16.2. The summed E-state index contributed by atoms with van der Waals surface area (Å²) in [6, 6.07) is 12.5. The third-order valence-electron chi connectivity index (χ3n) is 3.81. The lowest BCUT2D eigenvalue weighted by Gasteiger charge is -2.22. The van der Waals surface area contributed by atoms with Gasteiger partial charge in [0.1, 0.15) is 0 Å². The molecule has 1 amide bonds. The van der Waals surface area contributed by atoms with Crippen molar-refractivity contribution in [2.24, 2.45) is 0 Å². The molecule has 4 nitrogen and oxygen atoms in total. The van der Waals surface area contributed by atoms with Crippen LogP contribution in [0.4, 0.5) is 10.1 Å². The van der Waals surface area contributed by atoms with E-state index in [0.29, 0.717) is 17.6 Å². The van der Waals surface area contributed by atoms with Crippen LogP contribution in [0.3, 0.4) is 0 Å². The lowest BCUT2D eigenvalue weighted by atomic mass is 10.2. The molecule has 0 aliphatic heterocycles. The second kappa shape index (κ2) is 8.85. The lowest BCUT2D eigenvalue weighted by Crippen LogP contribution is -2.34. The average Bonchev–Trinajstić information content (AvgIpc) is 2.59. The molecule has 0 atom stereocenters. The molecule has 0 unspecified atom stereocenters. The number of halogens is 2. The SMILES string of the molecule is CCN(Cc1ccc(N(C)C)cc1)C(=O)COc1ccc(Br)cc1F. The highest BCUT2D eigenvalue weighted by Crippen LogP contribution is 2.21. The van der Waals surface area contributed by atoms with Crippen LogP contribution in [-0.4, -0.2) is 38.1 Å². The van der Waals surface area contributed by atoms with Gasteiger partial charge in [0, 0.05) is 37.3 Å². The Hall–Kier alpha value is -2.08. The summed E-state index contributed by atoms with van der Waals surface area (Å²) in [5.74, 6) is -0.603. The summed E-state index contributed by atoms with van der Waals surface area (Å²) in [4.78, 5) is 16.1. The van der Waals surface area contributed by atoms with Crippen LogP contribution in [0.25, 0.3) is 0 Å². The van der Waals surface area contributed by atoms with Crippen molar-refractivity contribution < 1.29 is 13.9 Å². The monoisotopic (exact) mass is 408 g/mol. The molecule has 0 saturated heterocycles. The maximum absolute atomic E-state index is 13.7. The normalized spacial score (nSPS) is 10.4. The second-order valence-corrected chi connectivity index (χ2v) is 6.75. The van der Waals surface area contributed by atoms with Gasteiger partial charge in [0.2, 0.25) is 0 Å². The van der Waals surface area contributed by atoms with Crippen molar-refractivity contribution in [1.29, 1.82) is 0 Å². The minimum absolute atomic E-state index is 0.0722. The van der Waals surface area contributed by atoms with Crippen molar-refractivity contribution in [3.05, 3.63) is 58.3 Å². The Morgan fingerprint density at radius 2 is 1.84 bits per heavy atom. The lowest BCUT2D eigenvalue weighted by molar-refractivity contribution is -0.133. The molecular weight excluding hydrogens is 387 g/mol. The number of carbonyl (C=O) groups is 1. The summed E-state index contributed by atoms with van der Waals surface area (Å²) >= 11 is 3.19. The van der Waals surface area contributed by atoms with Gasteiger partial charge in [0.15, 0.2) is 18.2 Å². The van der Waals surface area contributed by atoms with Gasteiger partial charge in [-0.15, -0.1) is 0 Å². The standard InChI is InChI=1S/C19H22BrFN2O2/c1-4-23(12-14-5-8-16(9-6-14)22(2)3)19(24)13-25-18-10-7-15(20)11-17(18)21/h5-11H,4,12-13H2,1-3H3. The number of anilines is 1. The average molecular weight is 409 g/mol. The highest BCUT2D eigenvalue weighted by Gasteiger charge is 2.14. The first kappa shape index (κ1) is 19.2. The predicted molar refractivity (Wildman–Crippen MR) is 101 cm³/mol. The molecule has 0 fully saturated rings. The van der Waals surface area contributed by atoms with Crippen LogP contribution in [0.5, 0.6) is 5.75 Å². The van der Waals surface area contributed by atoms with Crippen LogP contribution in [0.15, 0.2) is 46.9 Å². The summed E-state index contributed by atoms with van der Waals surface area (Å²) in [7, 11) is 3.96. The molecule has 2 rings (SSSR count). The molecule has 2 aromatic carbocycles. The van der Waals surface area contributed by atoms with E-state index in [4.69, 9.17) is 4.74 Å². The molecule has 0 aliphatic carbocycles. The minimum Gasteiger partial charge on any atom is -0.481 e. The first-order valence-electron chi connectivity index (χ1n) is 8.02. The Morgan fingerprint density at radius 1 is 1.16 bits per heavy atom. The fourth-order valence-electron chi connectivity index (χ4n) is 2.32. The van der Waals surface area contributed by atoms with Crippen molar-refractivity contribution in [1.82, 2.24) is 4.90 Å². The molecule has 0 N–H and O–H groups in total. The zero-order chi connectivity index (χ0) is 18.4. The molecule has 0 spiro atoms. The van der Waals surface area contributed by atoms with E-state index in [-0.39, 0.29) is 18.3 Å². The topological polar surface area (TPSA) is 32.8 Å². The molecular formula is C19H22BrFN2O2. The Bertz CT molecular complexity index is 720. The fraction of sp³-hybridized carbons (Fsp3) is 0.316. The Morgan fingerprint density at radius 3 is 2.40 bits per heavy atom. The van der Waals surface area contributed by atoms with E-state index in [9.17, 15) is 9.18 Å². The van der Waals surface area contributed by atoms with Gasteiger partial charge < -0.3 is 14.5 Å². The maximum Gasteiger partial charge on any atom is 0.260 e. The largest absolute Gasteiger partial charge is 0.481 e. The third-order valence-corrected chi connectivity index (χ3v) is 4.30. The van der Waals surface area contributed by atoms with E-state index < -0.39 is 5.82 Å². The molecule has 0 saturated carbocycles. The second-order valence-electron chi connectivity index (χ2n) is 5.83. The molecule has 25 heavy (non-hydrogen) atoms. The number of amides is 1. The number of nitrogens with zero attached hydrogens (tertiary/aromatic N) is 2. The van der Waals surface area contributed by atoms with Crippen LogP contribution in [0.2, 0.25) is 0 Å². The number of rotatable bonds is 7. The summed E-state index contributed by atoms with van der Waals surface area (Å²) in [5, 5.41) is 0. The van der Waals surface area contributed by atoms with Crippen LogP contribution in [0.1, 0.15) is 12.5 Å². The first-order valence-corrected chi connectivity index (χ1v) is 8.82. The van der Waals surface area contributed by atoms with E-state index in [2.05, 4.69) is 15.9 Å². The fourth-order valence-corrected chi connectivity index (χ4v) is 2.65. The van der Waals surface area contributed by atoms with Crippen molar-refractivity contribution in [3.63, 3.8) is 0 Å². The zero-order valence-electron chi connectivity index (χ0n) is 14.6. The quantitative estimate of drug-likeness (QED) is 0.691. The number of hydrogen-bond acceptors (Lipinski definition) is 3. The molecule has 6 heteroatoms. The van der Waals surface area contributed by atoms with Gasteiger partial charge in [0.05, 0.1) is 0 Å². The van der Waals surface area contributed by atoms with E-state index >= 15 is 0 Å². The summed E-state index contributed by atoms with van der Waals surface area (Å²) < 4.78 is 19.7. The Labute approximate surface area is 156 Å². The van der Waals surface area contributed by atoms with E-state index in [1.165, 1.54) is 12.1 Å². The van der Waals surface area contributed by atoms with Gasteiger partial charge in [0.25, 0.3) is 5.91 Å². The van der Waals surface area contributed by atoms with Gasteiger partial charge >= 0.3 is 0 Å². The van der Waals surface area contributed by atoms with Gasteiger partial charge in [-0.25, -0.2) is 4.39 Å². The van der Waals surface area contributed by atoms with Crippen LogP contribution in [-0.2, 0) is 11.3 Å². The summed E-state index contributed by atoms with van der Waals surface area (Å²) in [6.07, 6.45) is 0. The van der Waals surface area contributed by atoms with Gasteiger partial charge in [-0.1, -0.05) is 28.1 Å². The highest BCUT2D eigenvalue weighted by molar-refractivity contribution is 9.10. The molecule has 0 heterocycles. The smallest absolute Gasteiger partial charge is 0.260 e. The maximum atomic E-state index is 13.7. The van der Waals surface area contributed by atoms with Crippen molar-refractivity contribution in [3.8, 4) is 5.75 Å². The summed E-state index contributed by atoms with van der Waals surface area (Å²) in [6.45, 7) is 2.77. The number of carbonyl (C=O) groups excluding carboxylic acids is 1. The Balaban J connectivity index is 1.96. The van der Waals surface area contributed by atoms with E-state index in [1.54, 1.807) is 11.0 Å². The molecule has 0 aliphatic rings. The third kappa shape index (κ3) is 5.46. The number of ether oxygens (including phenoxy) is 1. The number of likely N-dealkylation sites (N-methyl/N-ethyl adjacent to an activating group) is 1. The summed E-state index contributed by atoms with van der Waals surface area (Å²) in [5.41, 5.74) is 2.14. The van der Waals surface area contributed by atoms with Gasteiger partial charge in [-0.05, 0) is 42.8 Å². The number of benzene rings is 2. The molecule has 0 radical (unpaired) electrons. The van der Waals surface area contributed by atoms with Crippen molar-refractivity contribution in [2.45, 2.75) is 13.5 Å². The molecule has 134 valence electrons. The molecule has 2 aromatic rings. The minimum atomic E-state index is -0.496. The van der Waals surface area contributed by atoms with E-state index in [0.717, 1.165) is 11.3 Å². The van der Waals surface area contributed by atoms with Gasteiger partial charge in [-0.3, -0.25) is 4.79 Å². The van der Waals surface area contributed by atoms with Crippen molar-refractivity contribution >= 4 is 27.5 Å². The highest BCUT2D eigenvalue weighted by atomic mass is 79.9. The van der Waals surface area contributed by atoms with Gasteiger partial charge in [-0.2, -0.15) is 0 Å². The van der Waals surface area contributed by atoms with Crippen LogP contribution in [0, 0.1) is 5.82 Å². The molecule has 0 bridgehead atoms. The van der Waals surface area contributed by atoms with Crippen LogP contribution >= 0.6 is 15.9 Å². The predicted octanol–water partition coefficient (Wildman–Crippen LogP) is 4.08.